The van der Waals surface area contributed by atoms with E-state index in [9.17, 15) is 35.9 Å². The number of carbonyl (C=O) groups is 2. The number of hydrogen-bond acceptors (Lipinski definition) is 6. The van der Waals surface area contributed by atoms with Gasteiger partial charge in [0.05, 0.1) is 19.4 Å². The average Bonchev–Trinajstić information content (AvgIpc) is 3.88. The van der Waals surface area contributed by atoms with Crippen molar-refractivity contribution in [3.8, 4) is 0 Å². The molecule has 2 N–H and O–H groups in total. The van der Waals surface area contributed by atoms with Gasteiger partial charge in [-0.3, -0.25) is 9.59 Å². The Morgan fingerprint density at radius 3 is 1.62 bits per heavy atom. The van der Waals surface area contributed by atoms with Gasteiger partial charge >= 0.3 is 11.9 Å². The second-order valence-electron chi connectivity index (χ2n) is 11.8. The summed E-state index contributed by atoms with van der Waals surface area (Å²) in [4.78, 5) is 30.2. The molecule has 8 nitrogen and oxygen atoms in total. The van der Waals surface area contributed by atoms with E-state index in [4.69, 9.17) is 21.8 Å². The third kappa shape index (κ3) is 7.04. The summed E-state index contributed by atoms with van der Waals surface area (Å²) in [7, 11) is 0. The predicted octanol–water partition coefficient (Wildman–Crippen LogP) is 9.34. The van der Waals surface area contributed by atoms with E-state index < -0.39 is 46.8 Å². The number of hydrogen-bond donors (Lipinski definition) is 2. The first kappa shape index (κ1) is 35.9. The fourth-order valence-corrected chi connectivity index (χ4v) is 8.18. The highest BCUT2D eigenvalue weighted by atomic mass is 35.5. The van der Waals surface area contributed by atoms with E-state index in [0.717, 1.165) is 44.5 Å². The molecule has 0 saturated heterocycles. The van der Waals surface area contributed by atoms with Crippen LogP contribution in [-0.2, 0) is 35.5 Å². The molecule has 0 amide bonds. The molecule has 0 radical (unpaired) electrons. The van der Waals surface area contributed by atoms with Crippen molar-refractivity contribution in [2.45, 2.75) is 25.9 Å². The fourth-order valence-electron chi connectivity index (χ4n) is 6.03. The second kappa shape index (κ2) is 14.2. The van der Waals surface area contributed by atoms with E-state index in [1.807, 2.05) is 12.1 Å². The quantitative estimate of drug-likeness (QED) is 0.117. The Hall–Kier alpha value is -5.45. The van der Waals surface area contributed by atoms with Gasteiger partial charge in [-0.05, 0) is 35.4 Å². The lowest BCUT2D eigenvalue weighted by Gasteiger charge is -2.00. The predicted molar refractivity (Wildman–Crippen MR) is 189 cm³/mol. The van der Waals surface area contributed by atoms with Crippen LogP contribution in [0, 0.1) is 34.9 Å². The number of nitrogens with zero attached hydrogens (tertiary/aromatic N) is 4. The van der Waals surface area contributed by atoms with Crippen LogP contribution in [0.25, 0.3) is 42.2 Å². The van der Waals surface area contributed by atoms with Crippen molar-refractivity contribution in [3.63, 3.8) is 0 Å². The maximum atomic E-state index is 13.9. The van der Waals surface area contributed by atoms with Crippen molar-refractivity contribution in [1.82, 2.24) is 19.1 Å². The number of benzene rings is 4. The third-order valence-electron chi connectivity index (χ3n) is 8.21. The van der Waals surface area contributed by atoms with E-state index in [1.54, 1.807) is 51.9 Å². The summed E-state index contributed by atoms with van der Waals surface area (Å²) in [6.45, 7) is -0.443. The van der Waals surface area contributed by atoms with E-state index >= 15 is 0 Å². The van der Waals surface area contributed by atoms with Crippen LogP contribution >= 0.6 is 34.3 Å². The molecule has 0 spiro atoms. The summed E-state index contributed by atoms with van der Waals surface area (Å²) in [5.74, 6) is -8.63. The minimum atomic E-state index is -1.29. The highest BCUT2D eigenvalue weighted by Crippen LogP contribution is 2.34. The van der Waals surface area contributed by atoms with E-state index in [2.05, 4.69) is 9.97 Å². The number of aromatic nitrogens is 4. The van der Waals surface area contributed by atoms with E-state index in [1.165, 1.54) is 0 Å². The molecule has 0 fully saturated rings. The van der Waals surface area contributed by atoms with Gasteiger partial charge in [0.15, 0.2) is 23.3 Å². The van der Waals surface area contributed by atoms with Crippen LogP contribution in [-0.4, -0.2) is 41.3 Å². The number of rotatable bonds is 8. The van der Waals surface area contributed by atoms with Gasteiger partial charge < -0.3 is 19.3 Å². The highest BCUT2D eigenvalue weighted by Gasteiger charge is 2.21. The lowest BCUT2D eigenvalue weighted by Crippen LogP contribution is -2.07. The Morgan fingerprint density at radius 2 is 1.11 bits per heavy atom. The zero-order chi connectivity index (χ0) is 37.7. The zero-order valence-corrected chi connectivity index (χ0v) is 29.0. The molecule has 4 aromatic carbocycles. The largest absolute Gasteiger partial charge is 0.480 e. The molecule has 270 valence electrons. The standard InChI is InChI=1S/C18H10ClF3N2O2S.C18H11F3N2O2S/c19-9-1-2-13-10(4-9)8(6-24(13)7-15(25)26)3-14-23-17-16(22)11(20)5-12(21)18(17)27-14;19-11-6-12(20)18-17(16(11)21)22-14(26-18)5-9-7-23(8-15(24)25)13-4-2-1-3-10(9)13/h1-2,4-6H,3,7H2,(H,25,26);1-4,6-7H,5,8H2,(H,24,25). The number of halogens is 7. The average molecular weight is 787 g/mol. The Labute approximate surface area is 306 Å². The molecule has 0 bridgehead atoms. The number of fused-ring (bicyclic) bond motifs is 4. The molecule has 4 heterocycles. The fraction of sp³-hybridized carbons (Fsp3) is 0.111. The Balaban J connectivity index is 0.000000164. The molecule has 0 saturated carbocycles. The SMILES string of the molecule is O=C(O)Cn1cc(Cc2nc3c(F)c(F)cc(F)c3s2)c2cc(Cl)ccc21.O=C(O)Cn1cc(Cc2nc3c(F)c(F)cc(F)c3s2)c2ccccc21. The lowest BCUT2D eigenvalue weighted by atomic mass is 10.1. The highest BCUT2D eigenvalue weighted by molar-refractivity contribution is 7.19. The van der Waals surface area contributed by atoms with Gasteiger partial charge in [0.2, 0.25) is 0 Å². The van der Waals surface area contributed by atoms with Crippen molar-refractivity contribution in [1.29, 1.82) is 0 Å². The molecular weight excluding hydrogens is 766 g/mol. The van der Waals surface area contributed by atoms with Crippen LogP contribution in [0.5, 0.6) is 0 Å². The van der Waals surface area contributed by atoms with Crippen LogP contribution in [0.1, 0.15) is 21.1 Å². The van der Waals surface area contributed by atoms with Crippen molar-refractivity contribution < 1.29 is 46.1 Å². The summed E-state index contributed by atoms with van der Waals surface area (Å²) < 4.78 is 85.4. The van der Waals surface area contributed by atoms with E-state index in [-0.39, 0.29) is 46.4 Å². The van der Waals surface area contributed by atoms with Crippen molar-refractivity contribution >= 4 is 88.5 Å². The van der Waals surface area contributed by atoms with Crippen LogP contribution in [0.15, 0.2) is 67.0 Å². The first-order valence-corrected chi connectivity index (χ1v) is 17.4. The molecule has 0 unspecified atom stereocenters. The van der Waals surface area contributed by atoms with Gasteiger partial charge in [0.25, 0.3) is 0 Å². The minimum absolute atomic E-state index is 0.0341. The van der Waals surface area contributed by atoms with Crippen molar-refractivity contribution in [3.05, 3.63) is 128 Å². The molecule has 0 aliphatic carbocycles. The smallest absolute Gasteiger partial charge is 0.323 e. The van der Waals surface area contributed by atoms with Gasteiger partial charge in [0, 0.05) is 64.2 Å². The van der Waals surface area contributed by atoms with Crippen LogP contribution < -0.4 is 0 Å². The summed E-state index contributed by atoms with van der Waals surface area (Å²) in [6, 6.07) is 13.3. The van der Waals surface area contributed by atoms with Crippen molar-refractivity contribution in [2.75, 3.05) is 0 Å². The van der Waals surface area contributed by atoms with Crippen LogP contribution in [0.2, 0.25) is 5.02 Å². The topological polar surface area (TPSA) is 110 Å². The van der Waals surface area contributed by atoms with Crippen LogP contribution in [0.3, 0.4) is 0 Å². The second-order valence-corrected chi connectivity index (χ2v) is 14.4. The first-order valence-electron chi connectivity index (χ1n) is 15.4. The lowest BCUT2D eigenvalue weighted by molar-refractivity contribution is -0.138. The molecule has 0 aliphatic heterocycles. The maximum absolute atomic E-state index is 13.9. The molecule has 0 aliphatic rings. The monoisotopic (exact) mass is 786 g/mol. The molecule has 8 rings (SSSR count). The Kier molecular flexibility index (Phi) is 9.61. The minimum Gasteiger partial charge on any atom is -0.480 e. The molecule has 53 heavy (non-hydrogen) atoms. The van der Waals surface area contributed by atoms with Gasteiger partial charge in [-0.1, -0.05) is 29.8 Å². The van der Waals surface area contributed by atoms with Crippen molar-refractivity contribution in [2.24, 2.45) is 0 Å². The third-order valence-corrected chi connectivity index (χ3v) is 10.6. The number of thiazole rings is 2. The summed E-state index contributed by atoms with van der Waals surface area (Å²) >= 11 is 7.93. The van der Waals surface area contributed by atoms with Gasteiger partial charge in [-0.25, -0.2) is 36.3 Å². The molecule has 17 heteroatoms. The Bertz CT molecular complexity index is 2760. The number of para-hydroxylation sites is 1. The zero-order valence-electron chi connectivity index (χ0n) is 26.6. The summed E-state index contributed by atoms with van der Waals surface area (Å²) in [6.07, 6.45) is 3.79. The summed E-state index contributed by atoms with van der Waals surface area (Å²) in [5.41, 5.74) is 2.23. The number of carboxylic acids is 2. The van der Waals surface area contributed by atoms with E-state index in [0.29, 0.717) is 38.3 Å². The maximum Gasteiger partial charge on any atom is 0.323 e. The van der Waals surface area contributed by atoms with Gasteiger partial charge in [-0.15, -0.1) is 22.7 Å². The summed E-state index contributed by atoms with van der Waals surface area (Å²) in [5, 5.41) is 21.0. The first-order chi connectivity index (χ1) is 25.3. The number of aliphatic carboxylic acids is 2. The number of carboxylic acid groups (broad SMARTS) is 2. The van der Waals surface area contributed by atoms with Crippen LogP contribution in [0.4, 0.5) is 26.3 Å². The van der Waals surface area contributed by atoms with Gasteiger partial charge in [-0.2, -0.15) is 0 Å². The normalized spacial score (nSPS) is 11.5. The molecule has 0 atom stereocenters. The van der Waals surface area contributed by atoms with Gasteiger partial charge in [0.1, 0.15) is 35.8 Å². The molecular formula is C36H21ClF6N4O4S2. The molecule has 8 aromatic rings. The molecule has 4 aromatic heterocycles. The Morgan fingerprint density at radius 1 is 0.642 bits per heavy atom.